The van der Waals surface area contributed by atoms with E-state index in [1.54, 1.807) is 0 Å². The van der Waals surface area contributed by atoms with Gasteiger partial charge in [0, 0.05) is 45.0 Å². The molecule has 2 heteroatoms. The van der Waals surface area contributed by atoms with Gasteiger partial charge in [0.05, 0.1) is 0 Å². The molecule has 0 saturated carbocycles. The maximum absolute atomic E-state index is 2.43. The Balaban J connectivity index is 0.602. The van der Waals surface area contributed by atoms with Crippen molar-refractivity contribution in [2.75, 3.05) is 9.80 Å². The molecule has 0 aromatic heterocycles. The number of hydrogen-bond acceptors (Lipinski definition) is 2. The minimum Gasteiger partial charge on any atom is -0.310 e. The van der Waals surface area contributed by atoms with Crippen molar-refractivity contribution < 1.29 is 0 Å². The highest BCUT2D eigenvalue weighted by molar-refractivity contribution is 5.95. The van der Waals surface area contributed by atoms with Gasteiger partial charge in [-0.1, -0.05) is 283 Å². The van der Waals surface area contributed by atoms with Crippen LogP contribution in [0.4, 0.5) is 34.1 Å². The van der Waals surface area contributed by atoms with E-state index in [-0.39, 0.29) is 10.8 Å². The zero-order valence-electron chi connectivity index (χ0n) is 53.2. The molecule has 2 aliphatic rings. The average Bonchev–Trinajstić information content (AvgIpc) is 1.58. The summed E-state index contributed by atoms with van der Waals surface area (Å²) in [7, 11) is 0. The van der Waals surface area contributed by atoms with Crippen LogP contribution in [0.5, 0.6) is 0 Å². The second kappa shape index (κ2) is 22.7. The molecule has 94 heavy (non-hydrogen) atoms. The van der Waals surface area contributed by atoms with E-state index >= 15 is 0 Å². The van der Waals surface area contributed by atoms with Crippen LogP contribution in [0.25, 0.3) is 112 Å². The molecule has 17 rings (SSSR count). The Labute approximate surface area is 551 Å². The van der Waals surface area contributed by atoms with Gasteiger partial charge in [0.15, 0.2) is 0 Å². The second-order valence-electron chi connectivity index (χ2n) is 26.6. The van der Waals surface area contributed by atoms with Gasteiger partial charge in [0.25, 0.3) is 0 Å². The monoisotopic (exact) mass is 1200 g/mol. The first kappa shape index (κ1) is 56.4. The molecule has 0 heterocycles. The van der Waals surface area contributed by atoms with E-state index < -0.39 is 0 Å². The Kier molecular flexibility index (Phi) is 13.6. The van der Waals surface area contributed by atoms with E-state index in [9.17, 15) is 0 Å². The van der Waals surface area contributed by atoms with Gasteiger partial charge < -0.3 is 9.80 Å². The maximum atomic E-state index is 2.43. The van der Waals surface area contributed by atoms with E-state index in [1.165, 1.54) is 121 Å². The van der Waals surface area contributed by atoms with Crippen LogP contribution in [0.2, 0.25) is 0 Å². The molecule has 0 unspecified atom stereocenters. The largest absolute Gasteiger partial charge is 0.310 e. The second-order valence-corrected chi connectivity index (χ2v) is 26.6. The third kappa shape index (κ3) is 10.1. The first-order valence-corrected chi connectivity index (χ1v) is 32.8. The minimum atomic E-state index is -0.217. The van der Waals surface area contributed by atoms with Gasteiger partial charge in [-0.05, 0) is 217 Å². The molecule has 0 atom stereocenters. The normalized spacial score (nSPS) is 13.4. The van der Waals surface area contributed by atoms with Crippen molar-refractivity contribution in [3.05, 3.63) is 360 Å². The lowest BCUT2D eigenvalue weighted by Crippen LogP contribution is -2.16. The van der Waals surface area contributed by atoms with Crippen LogP contribution in [0.1, 0.15) is 72.2 Å². The summed E-state index contributed by atoms with van der Waals surface area (Å²) < 4.78 is 0. The maximum Gasteiger partial charge on any atom is 0.0468 e. The highest BCUT2D eigenvalue weighted by Crippen LogP contribution is 2.53. The number of rotatable bonds is 12. The summed E-state index contributed by atoms with van der Waals surface area (Å²) >= 11 is 0. The molecule has 2 aliphatic carbocycles. The number of nitrogens with zero attached hydrogens (tertiary/aromatic N) is 2. The highest BCUT2D eigenvalue weighted by Gasteiger charge is 2.38. The molecule has 0 N–H and O–H groups in total. The molecular formula is C92H68N2. The summed E-state index contributed by atoms with van der Waals surface area (Å²) in [5, 5.41) is 9.90. The molecule has 15 aromatic rings. The van der Waals surface area contributed by atoms with Gasteiger partial charge in [-0.2, -0.15) is 0 Å². The van der Waals surface area contributed by atoms with Gasteiger partial charge in [0.2, 0.25) is 0 Å². The molecule has 0 amide bonds. The van der Waals surface area contributed by atoms with Gasteiger partial charge >= 0.3 is 0 Å². The third-order valence-corrected chi connectivity index (χ3v) is 20.2. The summed E-state index contributed by atoms with van der Waals surface area (Å²) in [5.41, 5.74) is 26.4. The topological polar surface area (TPSA) is 6.48 Å². The fourth-order valence-electron chi connectivity index (χ4n) is 14.9. The average molecular weight is 1200 g/mol. The van der Waals surface area contributed by atoms with Crippen LogP contribution in [-0.4, -0.2) is 0 Å². The van der Waals surface area contributed by atoms with Gasteiger partial charge in [-0.3, -0.25) is 0 Å². The van der Waals surface area contributed by atoms with E-state index in [1.807, 2.05) is 0 Å². The lowest BCUT2D eigenvalue weighted by atomic mass is 9.81. The summed E-state index contributed by atoms with van der Waals surface area (Å²) in [4.78, 5) is 4.84. The van der Waals surface area contributed by atoms with Gasteiger partial charge in [-0.15, -0.1) is 0 Å². The third-order valence-electron chi connectivity index (χ3n) is 20.2. The Bertz CT molecular complexity index is 5200. The predicted molar refractivity (Wildman–Crippen MR) is 403 cm³/mol. The lowest BCUT2D eigenvalue weighted by molar-refractivity contribution is 0.660. The van der Waals surface area contributed by atoms with Crippen LogP contribution in [-0.2, 0) is 10.8 Å². The van der Waals surface area contributed by atoms with Crippen molar-refractivity contribution in [3.63, 3.8) is 0 Å². The van der Waals surface area contributed by atoms with Crippen molar-refractivity contribution in [3.8, 4) is 44.5 Å². The number of fused-ring (bicyclic) bond motifs is 10. The molecule has 0 aliphatic heterocycles. The molecule has 0 spiro atoms. The van der Waals surface area contributed by atoms with E-state index in [0.717, 1.165) is 45.3 Å². The molecule has 0 radical (unpaired) electrons. The summed E-state index contributed by atoms with van der Waals surface area (Å²) in [5.74, 6) is 0. The molecule has 446 valence electrons. The molecule has 0 saturated heterocycles. The Morgan fingerprint density at radius 3 is 0.830 bits per heavy atom. The zero-order chi connectivity index (χ0) is 63.1. The molecule has 2 nitrogen and oxygen atoms in total. The van der Waals surface area contributed by atoms with Crippen LogP contribution < -0.4 is 9.80 Å². The fourth-order valence-corrected chi connectivity index (χ4v) is 14.9. The summed E-state index contributed by atoms with van der Waals surface area (Å²) in [6.07, 6.45) is 9.00. The predicted octanol–water partition coefficient (Wildman–Crippen LogP) is 25.5. The van der Waals surface area contributed by atoms with E-state index in [2.05, 4.69) is 377 Å². The first-order chi connectivity index (χ1) is 46.0. The highest BCUT2D eigenvalue weighted by atomic mass is 15.1. The van der Waals surface area contributed by atoms with Crippen LogP contribution in [0.3, 0.4) is 0 Å². The summed E-state index contributed by atoms with van der Waals surface area (Å²) in [6, 6.07) is 117. The fraction of sp³-hybridized carbons (Fsp3) is 0.0652. The number of hydrogen-bond donors (Lipinski definition) is 0. The minimum absolute atomic E-state index is 0.217. The Morgan fingerprint density at radius 1 is 0.202 bits per heavy atom. The molecule has 15 aromatic carbocycles. The zero-order valence-corrected chi connectivity index (χ0v) is 53.2. The SMILES string of the molecule is CC1(C)c2cc(/C=C/c3ccc(/C=C/c4ccc5c(c4)C(C)(C)c4cc(N(c6ccc(-c7ccc8ccccc8c7)cc6)c6ccc7ccccc7c6)ccc4-5)cc3)ccc2-c2ccc(N(c3ccc(-c4ccc5ccccc5c4)cc3)c3ccc4ccccc4c3)cc21. The van der Waals surface area contributed by atoms with E-state index in [4.69, 9.17) is 0 Å². The van der Waals surface area contributed by atoms with Gasteiger partial charge in [0.1, 0.15) is 0 Å². The Hall–Kier alpha value is -11.6. The van der Waals surface area contributed by atoms with Crippen molar-refractivity contribution >= 4 is 102 Å². The molecule has 0 bridgehead atoms. The van der Waals surface area contributed by atoms with Crippen molar-refractivity contribution in [2.45, 2.75) is 38.5 Å². The smallest absolute Gasteiger partial charge is 0.0468 e. The van der Waals surface area contributed by atoms with Crippen molar-refractivity contribution in [1.82, 2.24) is 0 Å². The van der Waals surface area contributed by atoms with Crippen LogP contribution >= 0.6 is 0 Å². The van der Waals surface area contributed by atoms with Crippen LogP contribution in [0.15, 0.2) is 315 Å². The van der Waals surface area contributed by atoms with Gasteiger partial charge in [-0.25, -0.2) is 0 Å². The first-order valence-electron chi connectivity index (χ1n) is 32.8. The Morgan fingerprint density at radius 2 is 0.457 bits per heavy atom. The summed E-state index contributed by atoms with van der Waals surface area (Å²) in [6.45, 7) is 9.53. The number of benzene rings is 15. The number of anilines is 6. The quantitative estimate of drug-likeness (QED) is 0.113. The lowest BCUT2D eigenvalue weighted by Gasteiger charge is -2.28. The van der Waals surface area contributed by atoms with E-state index in [0.29, 0.717) is 0 Å². The molecular weight excluding hydrogens is 1130 g/mol. The van der Waals surface area contributed by atoms with Crippen LogP contribution in [0, 0.1) is 0 Å². The van der Waals surface area contributed by atoms with Crippen molar-refractivity contribution in [1.29, 1.82) is 0 Å². The molecule has 0 fully saturated rings. The standard InChI is InChI=1S/C92H68N2/c1-91(2)87-53-63(29-49-83(87)85-51-47-81(59-89(85)91)93(79-45-39-67-15-7-11-19-73(67)57-79)77-41-35-69(36-42-77)75-33-31-65-13-5-9-17-71(65)55-75)27-25-61-21-23-62(24-22-61)26-28-64-30-50-84-86-52-48-82(60-90(86)92(3,4)88(84)54-64)94(80-46-40-68-16-8-12-20-74(68)58-80)78-43-37-70(38-44-78)76-34-32-66-14-6-10-18-72(66)56-76/h5-60H,1-4H3/b27-25+,28-26+. The van der Waals surface area contributed by atoms with Crippen molar-refractivity contribution in [2.24, 2.45) is 0 Å².